The Bertz CT molecular complexity index is 1090. The van der Waals surface area contributed by atoms with Crippen molar-refractivity contribution in [1.82, 2.24) is 14.6 Å². The van der Waals surface area contributed by atoms with E-state index in [-0.39, 0.29) is 11.6 Å². The van der Waals surface area contributed by atoms with E-state index >= 15 is 0 Å². The van der Waals surface area contributed by atoms with E-state index in [0.717, 1.165) is 6.26 Å². The summed E-state index contributed by atoms with van der Waals surface area (Å²) >= 11 is 0. The minimum atomic E-state index is -3.49. The molecule has 0 aliphatic carbocycles. The zero-order chi connectivity index (χ0) is 18.9. The van der Waals surface area contributed by atoms with E-state index in [0.29, 0.717) is 28.5 Å². The molecule has 0 aliphatic heterocycles. The minimum Gasteiger partial charge on any atom is -0.495 e. The quantitative estimate of drug-likeness (QED) is 0.701. The lowest BCUT2D eigenvalue weighted by Gasteiger charge is -2.12. The van der Waals surface area contributed by atoms with Crippen molar-refractivity contribution in [3.8, 4) is 5.75 Å². The first-order chi connectivity index (χ1) is 12.3. The zero-order valence-electron chi connectivity index (χ0n) is 14.3. The van der Waals surface area contributed by atoms with E-state index in [4.69, 9.17) is 4.74 Å². The van der Waals surface area contributed by atoms with Crippen LogP contribution in [0.25, 0.3) is 5.65 Å². The van der Waals surface area contributed by atoms with Crippen LogP contribution in [-0.2, 0) is 10.0 Å². The average molecular weight is 375 g/mol. The zero-order valence-corrected chi connectivity index (χ0v) is 15.2. The van der Waals surface area contributed by atoms with Crippen molar-refractivity contribution >= 4 is 33.0 Å². The molecule has 0 fully saturated rings. The van der Waals surface area contributed by atoms with Gasteiger partial charge in [0.15, 0.2) is 5.65 Å². The molecule has 3 aromatic rings. The molecule has 0 saturated carbocycles. The smallest absolute Gasteiger partial charge is 0.257 e. The van der Waals surface area contributed by atoms with Gasteiger partial charge in [0.1, 0.15) is 11.6 Å². The van der Waals surface area contributed by atoms with Crippen LogP contribution < -0.4 is 14.8 Å². The molecule has 2 heterocycles. The number of fused-ring (bicyclic) bond motifs is 1. The van der Waals surface area contributed by atoms with Crippen LogP contribution in [0.4, 0.5) is 11.4 Å². The third-order valence-electron chi connectivity index (χ3n) is 3.59. The van der Waals surface area contributed by atoms with Crippen LogP contribution in [0.2, 0.25) is 0 Å². The maximum Gasteiger partial charge on any atom is 0.257 e. The van der Waals surface area contributed by atoms with Gasteiger partial charge in [-0.3, -0.25) is 13.9 Å². The fourth-order valence-electron chi connectivity index (χ4n) is 2.41. The number of carbonyl (C=O) groups excluding carboxylic acids is 1. The Kier molecular flexibility index (Phi) is 4.51. The van der Waals surface area contributed by atoms with Gasteiger partial charge in [0.05, 0.1) is 24.6 Å². The number of pyridine rings is 1. The molecular formula is C16H17N5O4S. The Balaban J connectivity index is 1.88. The first kappa shape index (κ1) is 17.7. The van der Waals surface area contributed by atoms with Gasteiger partial charge in [-0.05, 0) is 37.3 Å². The summed E-state index contributed by atoms with van der Waals surface area (Å²) in [5.74, 6) is 0.657. The van der Waals surface area contributed by atoms with Gasteiger partial charge in [-0.1, -0.05) is 0 Å². The number of aromatic nitrogens is 3. The standard InChI is InChI=1S/C16H17N5O4S/c1-10-18-19-15-7-4-11(9-21(10)15)16(22)17-12-5-6-14(25-2)13(8-12)20-26(3,23)24/h4-9,20H,1-3H3,(H,17,22). The van der Waals surface area contributed by atoms with Crippen molar-refractivity contribution in [2.45, 2.75) is 6.92 Å². The lowest BCUT2D eigenvalue weighted by atomic mass is 10.2. The molecule has 0 spiro atoms. The fourth-order valence-corrected chi connectivity index (χ4v) is 2.97. The van der Waals surface area contributed by atoms with Gasteiger partial charge in [0.2, 0.25) is 10.0 Å². The molecule has 3 rings (SSSR count). The van der Waals surface area contributed by atoms with Crippen molar-refractivity contribution in [2.24, 2.45) is 0 Å². The highest BCUT2D eigenvalue weighted by atomic mass is 32.2. The fraction of sp³-hybridized carbons (Fsp3) is 0.188. The molecule has 10 heteroatoms. The summed E-state index contributed by atoms with van der Waals surface area (Å²) < 4.78 is 32.2. The van der Waals surface area contributed by atoms with E-state index in [2.05, 4.69) is 20.2 Å². The molecule has 26 heavy (non-hydrogen) atoms. The molecular weight excluding hydrogens is 358 g/mol. The summed E-state index contributed by atoms with van der Waals surface area (Å²) in [5.41, 5.74) is 1.71. The van der Waals surface area contributed by atoms with Crippen LogP contribution in [0.1, 0.15) is 16.2 Å². The minimum absolute atomic E-state index is 0.234. The number of benzene rings is 1. The molecule has 0 bridgehead atoms. The van der Waals surface area contributed by atoms with E-state index < -0.39 is 10.0 Å². The summed E-state index contributed by atoms with van der Waals surface area (Å²) in [4.78, 5) is 12.5. The maximum atomic E-state index is 12.5. The topological polar surface area (TPSA) is 115 Å². The summed E-state index contributed by atoms with van der Waals surface area (Å²) in [6, 6.07) is 8.00. The molecule has 2 N–H and O–H groups in total. The number of anilines is 2. The highest BCUT2D eigenvalue weighted by Crippen LogP contribution is 2.28. The number of hydrogen-bond donors (Lipinski definition) is 2. The van der Waals surface area contributed by atoms with Crippen LogP contribution >= 0.6 is 0 Å². The van der Waals surface area contributed by atoms with Crippen molar-refractivity contribution in [3.63, 3.8) is 0 Å². The Morgan fingerprint density at radius 3 is 2.65 bits per heavy atom. The predicted octanol–water partition coefficient (Wildman–Crippen LogP) is 1.67. The maximum absolute atomic E-state index is 12.5. The van der Waals surface area contributed by atoms with Gasteiger partial charge in [0.25, 0.3) is 5.91 Å². The summed E-state index contributed by atoms with van der Waals surface area (Å²) in [6.45, 7) is 1.79. The Hall–Kier alpha value is -3.14. The number of aryl methyl sites for hydroxylation is 1. The van der Waals surface area contributed by atoms with Crippen LogP contribution in [0.3, 0.4) is 0 Å². The number of amides is 1. The number of sulfonamides is 1. The number of carbonyl (C=O) groups is 1. The van der Waals surface area contributed by atoms with E-state index in [1.165, 1.54) is 13.2 Å². The van der Waals surface area contributed by atoms with Gasteiger partial charge < -0.3 is 10.1 Å². The highest BCUT2D eigenvalue weighted by Gasteiger charge is 2.13. The second-order valence-corrected chi connectivity index (χ2v) is 7.39. The molecule has 0 atom stereocenters. The Morgan fingerprint density at radius 1 is 1.19 bits per heavy atom. The Labute approximate surface area is 150 Å². The third-order valence-corrected chi connectivity index (χ3v) is 4.18. The van der Waals surface area contributed by atoms with Gasteiger partial charge in [-0.2, -0.15) is 0 Å². The normalized spacial score (nSPS) is 11.3. The molecule has 0 aliphatic rings. The van der Waals surface area contributed by atoms with Crippen molar-refractivity contribution < 1.29 is 17.9 Å². The molecule has 2 aromatic heterocycles. The predicted molar refractivity (Wildman–Crippen MR) is 97.1 cm³/mol. The number of nitrogens with one attached hydrogen (secondary N) is 2. The summed E-state index contributed by atoms with van der Waals surface area (Å²) in [5, 5.41) is 10.6. The molecule has 0 saturated heterocycles. The SMILES string of the molecule is COc1ccc(NC(=O)c2ccc3nnc(C)n3c2)cc1NS(C)(=O)=O. The van der Waals surface area contributed by atoms with Crippen LogP contribution in [-0.4, -0.2) is 42.3 Å². The highest BCUT2D eigenvalue weighted by molar-refractivity contribution is 7.92. The molecule has 9 nitrogen and oxygen atoms in total. The number of ether oxygens (including phenoxy) is 1. The van der Waals surface area contributed by atoms with Crippen molar-refractivity contribution in [2.75, 3.05) is 23.4 Å². The van der Waals surface area contributed by atoms with Gasteiger partial charge in [-0.15, -0.1) is 10.2 Å². The number of methoxy groups -OCH3 is 1. The average Bonchev–Trinajstić information content (AvgIpc) is 2.94. The monoisotopic (exact) mass is 375 g/mol. The second-order valence-electron chi connectivity index (χ2n) is 5.64. The van der Waals surface area contributed by atoms with Gasteiger partial charge in [0, 0.05) is 11.9 Å². The van der Waals surface area contributed by atoms with E-state index in [1.54, 1.807) is 41.8 Å². The van der Waals surface area contributed by atoms with Crippen LogP contribution in [0, 0.1) is 6.92 Å². The van der Waals surface area contributed by atoms with Crippen molar-refractivity contribution in [3.05, 3.63) is 47.9 Å². The van der Waals surface area contributed by atoms with Gasteiger partial charge in [-0.25, -0.2) is 8.42 Å². The van der Waals surface area contributed by atoms with Gasteiger partial charge >= 0.3 is 0 Å². The second kappa shape index (κ2) is 6.64. The van der Waals surface area contributed by atoms with Crippen molar-refractivity contribution in [1.29, 1.82) is 0 Å². The van der Waals surface area contributed by atoms with Crippen LogP contribution in [0.5, 0.6) is 5.75 Å². The molecule has 1 aromatic carbocycles. The first-order valence-corrected chi connectivity index (χ1v) is 9.44. The first-order valence-electron chi connectivity index (χ1n) is 7.55. The molecule has 0 radical (unpaired) electrons. The lowest BCUT2D eigenvalue weighted by molar-refractivity contribution is 0.102. The van der Waals surface area contributed by atoms with E-state index in [1.807, 2.05) is 0 Å². The number of rotatable bonds is 5. The number of hydrogen-bond acceptors (Lipinski definition) is 6. The summed E-state index contributed by atoms with van der Waals surface area (Å²) in [7, 11) is -2.06. The summed E-state index contributed by atoms with van der Waals surface area (Å²) in [6.07, 6.45) is 2.67. The van der Waals surface area contributed by atoms with Crippen LogP contribution in [0.15, 0.2) is 36.5 Å². The molecule has 0 unspecified atom stereocenters. The lowest BCUT2D eigenvalue weighted by Crippen LogP contribution is -2.14. The molecule has 136 valence electrons. The Morgan fingerprint density at radius 2 is 1.96 bits per heavy atom. The molecule has 1 amide bonds. The third kappa shape index (κ3) is 3.75. The number of nitrogens with zero attached hydrogens (tertiary/aromatic N) is 3. The largest absolute Gasteiger partial charge is 0.495 e. The van der Waals surface area contributed by atoms with E-state index in [9.17, 15) is 13.2 Å².